The van der Waals surface area contributed by atoms with Gasteiger partial charge in [-0.3, -0.25) is 9.59 Å². The average molecular weight is 239 g/mol. The third-order valence-electron chi connectivity index (χ3n) is 2.52. The van der Waals surface area contributed by atoms with Gasteiger partial charge in [0.2, 0.25) is 0 Å². The van der Waals surface area contributed by atoms with Crippen molar-refractivity contribution < 1.29 is 19.1 Å². The summed E-state index contributed by atoms with van der Waals surface area (Å²) in [5.41, 5.74) is -0.251. The molecule has 94 valence electrons. The van der Waals surface area contributed by atoms with Crippen LogP contribution in [0.25, 0.3) is 0 Å². The van der Waals surface area contributed by atoms with Gasteiger partial charge in [0.1, 0.15) is 5.76 Å². The lowest BCUT2D eigenvalue weighted by Gasteiger charge is -2.19. The minimum Gasteiger partial charge on any atom is -0.481 e. The predicted octanol–water partition coefficient (Wildman–Crippen LogP) is 1.74. The van der Waals surface area contributed by atoms with Crippen molar-refractivity contribution in [1.29, 1.82) is 0 Å². The Labute approximate surface area is 99.8 Å². The number of hydrogen-bond acceptors (Lipinski definition) is 3. The zero-order valence-corrected chi connectivity index (χ0v) is 10.5. The predicted molar refractivity (Wildman–Crippen MR) is 61.9 cm³/mol. The first-order chi connectivity index (χ1) is 7.74. The highest BCUT2D eigenvalue weighted by atomic mass is 16.4. The third kappa shape index (κ3) is 3.09. The molecule has 0 radical (unpaired) electrons. The van der Waals surface area contributed by atoms with E-state index in [9.17, 15) is 9.59 Å². The topological polar surface area (TPSA) is 79.5 Å². The molecule has 1 aromatic rings. The molecule has 0 atom stereocenters. The minimum absolute atomic E-state index is 0.0559. The number of aliphatic carboxylic acids is 1. The van der Waals surface area contributed by atoms with Crippen LogP contribution in [0.15, 0.2) is 10.5 Å². The normalized spacial score (nSPS) is 11.3. The molecule has 1 aromatic heterocycles. The van der Waals surface area contributed by atoms with Crippen LogP contribution in [0.2, 0.25) is 0 Å². The Hall–Kier alpha value is -1.78. The van der Waals surface area contributed by atoms with Crippen LogP contribution in [0, 0.1) is 19.3 Å². The highest BCUT2D eigenvalue weighted by Gasteiger charge is 2.28. The van der Waals surface area contributed by atoms with E-state index < -0.39 is 11.4 Å². The largest absolute Gasteiger partial charge is 0.481 e. The smallest absolute Gasteiger partial charge is 0.310 e. The number of carbonyl (C=O) groups is 2. The molecule has 2 N–H and O–H groups in total. The van der Waals surface area contributed by atoms with Gasteiger partial charge in [-0.15, -0.1) is 0 Å². The second-order valence-electron chi connectivity index (χ2n) is 4.74. The van der Waals surface area contributed by atoms with Crippen LogP contribution >= 0.6 is 0 Å². The van der Waals surface area contributed by atoms with Crippen molar-refractivity contribution in [2.24, 2.45) is 5.41 Å². The number of carboxylic acids is 1. The molecule has 5 heteroatoms. The van der Waals surface area contributed by atoms with Crippen molar-refractivity contribution in [3.8, 4) is 0 Å². The third-order valence-corrected chi connectivity index (χ3v) is 2.52. The molecule has 0 saturated carbocycles. The van der Waals surface area contributed by atoms with Gasteiger partial charge in [0, 0.05) is 12.1 Å². The van der Waals surface area contributed by atoms with E-state index in [1.54, 1.807) is 33.8 Å². The molecule has 0 fully saturated rings. The number of carboxylic acid groups (broad SMARTS) is 1. The van der Waals surface area contributed by atoms with Gasteiger partial charge in [-0.05, 0) is 33.8 Å². The summed E-state index contributed by atoms with van der Waals surface area (Å²) in [6.07, 6.45) is 0. The monoisotopic (exact) mass is 239 g/mol. The molecule has 0 aliphatic carbocycles. The molecular formula is C12H17NO4. The lowest BCUT2D eigenvalue weighted by Crippen LogP contribution is -2.38. The Kier molecular flexibility index (Phi) is 3.60. The Balaban J connectivity index is 2.68. The summed E-state index contributed by atoms with van der Waals surface area (Å²) >= 11 is 0. The lowest BCUT2D eigenvalue weighted by molar-refractivity contribution is -0.146. The molecule has 17 heavy (non-hydrogen) atoms. The van der Waals surface area contributed by atoms with Gasteiger partial charge in [-0.1, -0.05) is 0 Å². The van der Waals surface area contributed by atoms with E-state index in [2.05, 4.69) is 5.32 Å². The van der Waals surface area contributed by atoms with Crippen LogP contribution < -0.4 is 5.32 Å². The molecule has 0 unspecified atom stereocenters. The van der Waals surface area contributed by atoms with Crippen molar-refractivity contribution in [3.63, 3.8) is 0 Å². The summed E-state index contributed by atoms with van der Waals surface area (Å²) in [7, 11) is 0. The van der Waals surface area contributed by atoms with Gasteiger partial charge in [-0.2, -0.15) is 0 Å². The van der Waals surface area contributed by atoms with Crippen LogP contribution in [0.4, 0.5) is 0 Å². The first-order valence-corrected chi connectivity index (χ1v) is 5.32. The van der Waals surface area contributed by atoms with Crippen molar-refractivity contribution in [2.45, 2.75) is 27.7 Å². The molecule has 0 aliphatic heterocycles. The number of aryl methyl sites for hydroxylation is 2. The van der Waals surface area contributed by atoms with E-state index in [0.29, 0.717) is 5.76 Å². The van der Waals surface area contributed by atoms with Crippen LogP contribution in [0.3, 0.4) is 0 Å². The zero-order chi connectivity index (χ0) is 13.2. The second kappa shape index (κ2) is 4.61. The quantitative estimate of drug-likeness (QED) is 0.838. The number of amides is 1. The standard InChI is InChI=1S/C12H17NO4/c1-7-5-8(2)17-9(7)10(14)13-6-12(3,4)11(15)16/h5H,6H2,1-4H3,(H,13,14)(H,15,16). The molecule has 0 bridgehead atoms. The second-order valence-corrected chi connectivity index (χ2v) is 4.74. The molecule has 0 saturated heterocycles. The summed E-state index contributed by atoms with van der Waals surface area (Å²) in [6.45, 7) is 6.69. The van der Waals surface area contributed by atoms with Crippen LogP contribution in [0.1, 0.15) is 35.7 Å². The van der Waals surface area contributed by atoms with Gasteiger partial charge in [0.25, 0.3) is 5.91 Å². The van der Waals surface area contributed by atoms with E-state index in [1.165, 1.54) is 0 Å². The van der Waals surface area contributed by atoms with Crippen molar-refractivity contribution in [2.75, 3.05) is 6.54 Å². The molecule has 1 amide bonds. The molecule has 1 rings (SSSR count). The van der Waals surface area contributed by atoms with Crippen LogP contribution in [-0.2, 0) is 4.79 Å². The van der Waals surface area contributed by atoms with Gasteiger partial charge in [0.05, 0.1) is 5.41 Å². The maximum atomic E-state index is 11.8. The van der Waals surface area contributed by atoms with Crippen LogP contribution in [0.5, 0.6) is 0 Å². The van der Waals surface area contributed by atoms with E-state index in [4.69, 9.17) is 9.52 Å². The highest BCUT2D eigenvalue weighted by Crippen LogP contribution is 2.16. The van der Waals surface area contributed by atoms with Crippen molar-refractivity contribution >= 4 is 11.9 Å². The number of nitrogens with one attached hydrogen (secondary N) is 1. The summed E-state index contributed by atoms with van der Waals surface area (Å²) < 4.78 is 5.24. The first kappa shape index (κ1) is 13.3. The Morgan fingerprint density at radius 1 is 1.41 bits per heavy atom. The number of hydrogen-bond donors (Lipinski definition) is 2. The molecule has 5 nitrogen and oxygen atoms in total. The minimum atomic E-state index is -0.995. The summed E-state index contributed by atoms with van der Waals surface area (Å²) in [5, 5.41) is 11.5. The molecule has 0 aromatic carbocycles. The number of rotatable bonds is 4. The van der Waals surface area contributed by atoms with Gasteiger partial charge in [-0.25, -0.2) is 0 Å². The fourth-order valence-corrected chi connectivity index (χ4v) is 1.32. The molecule has 1 heterocycles. The van der Waals surface area contributed by atoms with E-state index in [1.807, 2.05) is 0 Å². The van der Waals surface area contributed by atoms with Gasteiger partial charge < -0.3 is 14.8 Å². The van der Waals surface area contributed by atoms with Crippen molar-refractivity contribution in [3.05, 3.63) is 23.2 Å². The molecular weight excluding hydrogens is 222 g/mol. The molecule has 0 aliphatic rings. The maximum Gasteiger partial charge on any atom is 0.310 e. The van der Waals surface area contributed by atoms with E-state index in [0.717, 1.165) is 5.56 Å². The Morgan fingerprint density at radius 2 is 2.00 bits per heavy atom. The zero-order valence-electron chi connectivity index (χ0n) is 10.5. The number of carbonyl (C=O) groups excluding carboxylic acids is 1. The number of furan rings is 1. The van der Waals surface area contributed by atoms with E-state index >= 15 is 0 Å². The highest BCUT2D eigenvalue weighted by molar-refractivity contribution is 5.93. The first-order valence-electron chi connectivity index (χ1n) is 5.32. The van der Waals surface area contributed by atoms with Crippen molar-refractivity contribution in [1.82, 2.24) is 5.32 Å². The fourth-order valence-electron chi connectivity index (χ4n) is 1.32. The van der Waals surface area contributed by atoms with Crippen LogP contribution in [-0.4, -0.2) is 23.5 Å². The Morgan fingerprint density at radius 3 is 2.41 bits per heavy atom. The summed E-state index contributed by atoms with van der Waals surface area (Å²) in [4.78, 5) is 22.6. The SMILES string of the molecule is Cc1cc(C)c(C(=O)NCC(C)(C)C(=O)O)o1. The lowest BCUT2D eigenvalue weighted by atomic mass is 9.94. The van der Waals surface area contributed by atoms with Gasteiger partial charge in [0.15, 0.2) is 5.76 Å². The average Bonchev–Trinajstić information content (AvgIpc) is 2.54. The van der Waals surface area contributed by atoms with E-state index in [-0.39, 0.29) is 18.2 Å². The Bertz CT molecular complexity index is 445. The molecule has 0 spiro atoms. The summed E-state index contributed by atoms with van der Waals surface area (Å²) in [5.74, 6) is -0.441. The van der Waals surface area contributed by atoms with Gasteiger partial charge >= 0.3 is 5.97 Å². The summed E-state index contributed by atoms with van der Waals surface area (Å²) in [6, 6.07) is 1.76. The maximum absolute atomic E-state index is 11.8. The fraction of sp³-hybridized carbons (Fsp3) is 0.500.